The van der Waals surface area contributed by atoms with Gasteiger partial charge in [0.15, 0.2) is 0 Å². The Morgan fingerprint density at radius 2 is 2.19 bits per heavy atom. The molecule has 1 heterocycles. The van der Waals surface area contributed by atoms with E-state index in [0.717, 1.165) is 36.1 Å². The van der Waals surface area contributed by atoms with E-state index in [4.69, 9.17) is 4.74 Å². The highest BCUT2D eigenvalue weighted by Gasteiger charge is 2.33. The van der Waals surface area contributed by atoms with Crippen molar-refractivity contribution in [2.24, 2.45) is 0 Å². The first kappa shape index (κ1) is 16.3. The quantitative estimate of drug-likeness (QED) is 0.872. The van der Waals surface area contributed by atoms with Crippen molar-refractivity contribution >= 4 is 10.2 Å². The van der Waals surface area contributed by atoms with Crippen molar-refractivity contribution in [3.8, 4) is 5.75 Å². The molecular weight excluding hydrogens is 288 g/mol. The van der Waals surface area contributed by atoms with Gasteiger partial charge >= 0.3 is 0 Å². The molecule has 0 saturated carbocycles. The summed E-state index contributed by atoms with van der Waals surface area (Å²) in [4.78, 5) is 0. The van der Waals surface area contributed by atoms with E-state index in [2.05, 4.69) is 10.8 Å². The van der Waals surface area contributed by atoms with Crippen molar-refractivity contribution in [1.82, 2.24) is 9.03 Å². The van der Waals surface area contributed by atoms with Crippen LogP contribution in [0.25, 0.3) is 0 Å². The highest BCUT2D eigenvalue weighted by atomic mass is 32.2. The van der Waals surface area contributed by atoms with Gasteiger partial charge in [-0.05, 0) is 43.4 Å². The van der Waals surface area contributed by atoms with Crippen LogP contribution in [0.1, 0.15) is 30.9 Å². The van der Waals surface area contributed by atoms with Crippen LogP contribution < -0.4 is 9.46 Å². The molecule has 21 heavy (non-hydrogen) atoms. The molecule has 0 radical (unpaired) electrons. The Morgan fingerprint density at radius 1 is 1.43 bits per heavy atom. The molecule has 0 aliphatic carbocycles. The van der Waals surface area contributed by atoms with Crippen molar-refractivity contribution < 1.29 is 13.2 Å². The molecule has 0 amide bonds. The van der Waals surface area contributed by atoms with Crippen LogP contribution in [0, 0.1) is 6.92 Å². The van der Waals surface area contributed by atoms with E-state index in [9.17, 15) is 8.42 Å². The SMILES string of the molecule is CCNS(=O)(=O)N1CCCC1Cc1ccc(OC)c(C)c1. The van der Waals surface area contributed by atoms with Crippen LogP contribution in [0.2, 0.25) is 0 Å². The van der Waals surface area contributed by atoms with Crippen LogP contribution in [0.5, 0.6) is 5.75 Å². The fourth-order valence-corrected chi connectivity index (χ4v) is 4.41. The largest absolute Gasteiger partial charge is 0.496 e. The number of aryl methyl sites for hydroxylation is 1. The summed E-state index contributed by atoms with van der Waals surface area (Å²) in [5.41, 5.74) is 2.23. The van der Waals surface area contributed by atoms with Crippen molar-refractivity contribution in [3.63, 3.8) is 0 Å². The lowest BCUT2D eigenvalue weighted by atomic mass is 10.0. The maximum absolute atomic E-state index is 12.2. The third-order valence-electron chi connectivity index (χ3n) is 3.89. The number of hydrogen-bond donors (Lipinski definition) is 1. The van der Waals surface area contributed by atoms with E-state index in [1.807, 2.05) is 19.1 Å². The lowest BCUT2D eigenvalue weighted by Gasteiger charge is -2.24. The number of nitrogens with zero attached hydrogens (tertiary/aromatic N) is 1. The first-order valence-corrected chi connectivity index (χ1v) is 8.82. The fraction of sp³-hybridized carbons (Fsp3) is 0.600. The van der Waals surface area contributed by atoms with Crippen LogP contribution in [-0.2, 0) is 16.6 Å². The van der Waals surface area contributed by atoms with Crippen molar-refractivity contribution in [2.45, 2.75) is 39.2 Å². The Morgan fingerprint density at radius 3 is 2.81 bits per heavy atom. The predicted molar refractivity (Wildman–Crippen MR) is 83.8 cm³/mol. The molecule has 1 aliphatic heterocycles. The number of rotatable bonds is 6. The van der Waals surface area contributed by atoms with E-state index < -0.39 is 10.2 Å². The summed E-state index contributed by atoms with van der Waals surface area (Å²) in [6, 6.07) is 6.09. The zero-order valence-corrected chi connectivity index (χ0v) is 13.7. The van der Waals surface area contributed by atoms with Gasteiger partial charge in [-0.2, -0.15) is 12.7 Å². The molecule has 0 aromatic heterocycles. The van der Waals surface area contributed by atoms with E-state index in [0.29, 0.717) is 13.1 Å². The summed E-state index contributed by atoms with van der Waals surface area (Å²) in [5.74, 6) is 0.863. The summed E-state index contributed by atoms with van der Waals surface area (Å²) in [7, 11) is -1.69. The maximum atomic E-state index is 12.2. The first-order valence-electron chi connectivity index (χ1n) is 7.38. The zero-order chi connectivity index (χ0) is 15.5. The topological polar surface area (TPSA) is 58.6 Å². The predicted octanol–water partition coefficient (Wildman–Crippen LogP) is 1.86. The molecule has 1 fully saturated rings. The summed E-state index contributed by atoms with van der Waals surface area (Å²) in [6.07, 6.45) is 2.58. The molecule has 0 bridgehead atoms. The van der Waals surface area contributed by atoms with Crippen LogP contribution >= 0.6 is 0 Å². The molecule has 1 atom stereocenters. The third-order valence-corrected chi connectivity index (χ3v) is 5.64. The molecular formula is C15H24N2O3S. The Balaban J connectivity index is 2.13. The molecule has 1 unspecified atom stereocenters. The Hall–Kier alpha value is -1.11. The van der Waals surface area contributed by atoms with Gasteiger partial charge in [0.2, 0.25) is 0 Å². The Bertz CT molecular complexity index is 587. The number of methoxy groups -OCH3 is 1. The second-order valence-corrected chi connectivity index (χ2v) is 7.13. The molecule has 0 spiro atoms. The minimum absolute atomic E-state index is 0.0434. The first-order chi connectivity index (χ1) is 9.97. The van der Waals surface area contributed by atoms with Gasteiger partial charge in [0.25, 0.3) is 10.2 Å². The molecule has 118 valence electrons. The van der Waals surface area contributed by atoms with Gasteiger partial charge in [-0.1, -0.05) is 19.1 Å². The van der Waals surface area contributed by atoms with Gasteiger partial charge in [0, 0.05) is 19.1 Å². The van der Waals surface area contributed by atoms with E-state index in [1.165, 1.54) is 0 Å². The van der Waals surface area contributed by atoms with E-state index in [-0.39, 0.29) is 6.04 Å². The molecule has 1 aromatic rings. The second kappa shape index (κ2) is 6.77. The molecule has 1 N–H and O–H groups in total. The molecule has 5 nitrogen and oxygen atoms in total. The lowest BCUT2D eigenvalue weighted by molar-refractivity contribution is 0.379. The molecule has 1 aliphatic rings. The van der Waals surface area contributed by atoms with Gasteiger partial charge in [0.1, 0.15) is 5.75 Å². The summed E-state index contributed by atoms with van der Waals surface area (Å²) >= 11 is 0. The molecule has 2 rings (SSSR count). The second-order valence-electron chi connectivity index (χ2n) is 5.42. The highest BCUT2D eigenvalue weighted by Crippen LogP contribution is 2.26. The Kier molecular flexibility index (Phi) is 5.24. The van der Waals surface area contributed by atoms with Gasteiger partial charge in [-0.15, -0.1) is 0 Å². The summed E-state index contributed by atoms with van der Waals surface area (Å²) in [6.45, 7) is 4.84. The average Bonchev–Trinajstić information content (AvgIpc) is 2.88. The van der Waals surface area contributed by atoms with Gasteiger partial charge in [-0.3, -0.25) is 0 Å². The van der Waals surface area contributed by atoms with Crippen molar-refractivity contribution in [3.05, 3.63) is 29.3 Å². The Labute approximate surface area is 127 Å². The monoisotopic (exact) mass is 312 g/mol. The molecule has 1 aromatic carbocycles. The fourth-order valence-electron chi connectivity index (χ4n) is 2.93. The number of benzene rings is 1. The van der Waals surface area contributed by atoms with Crippen molar-refractivity contribution in [1.29, 1.82) is 0 Å². The smallest absolute Gasteiger partial charge is 0.279 e. The van der Waals surface area contributed by atoms with Gasteiger partial charge in [-0.25, -0.2) is 4.72 Å². The van der Waals surface area contributed by atoms with Crippen LogP contribution in [0.4, 0.5) is 0 Å². The zero-order valence-electron chi connectivity index (χ0n) is 12.9. The number of ether oxygens (including phenoxy) is 1. The molecule has 6 heteroatoms. The minimum atomic E-state index is -3.34. The third kappa shape index (κ3) is 3.75. The summed E-state index contributed by atoms with van der Waals surface area (Å²) < 4.78 is 33.8. The van der Waals surface area contributed by atoms with Crippen LogP contribution in [0.15, 0.2) is 18.2 Å². The van der Waals surface area contributed by atoms with Crippen LogP contribution in [-0.4, -0.2) is 39.0 Å². The average molecular weight is 312 g/mol. The number of nitrogens with one attached hydrogen (secondary N) is 1. The number of hydrogen-bond acceptors (Lipinski definition) is 3. The summed E-state index contributed by atoms with van der Waals surface area (Å²) in [5, 5.41) is 0. The normalized spacial score (nSPS) is 19.9. The van der Waals surface area contributed by atoms with E-state index >= 15 is 0 Å². The van der Waals surface area contributed by atoms with Crippen LogP contribution in [0.3, 0.4) is 0 Å². The highest BCUT2D eigenvalue weighted by molar-refractivity contribution is 7.87. The minimum Gasteiger partial charge on any atom is -0.496 e. The van der Waals surface area contributed by atoms with Crippen molar-refractivity contribution in [2.75, 3.05) is 20.2 Å². The van der Waals surface area contributed by atoms with Gasteiger partial charge < -0.3 is 4.74 Å². The van der Waals surface area contributed by atoms with Gasteiger partial charge in [0.05, 0.1) is 7.11 Å². The lowest BCUT2D eigenvalue weighted by Crippen LogP contribution is -2.44. The molecule has 1 saturated heterocycles. The van der Waals surface area contributed by atoms with E-state index in [1.54, 1.807) is 18.3 Å². The standard InChI is InChI=1S/C15H24N2O3S/c1-4-16-21(18,19)17-9-5-6-14(17)11-13-7-8-15(20-3)12(2)10-13/h7-8,10,14,16H,4-6,9,11H2,1-3H3. The maximum Gasteiger partial charge on any atom is 0.279 e.